The summed E-state index contributed by atoms with van der Waals surface area (Å²) < 4.78 is 73.2. The third kappa shape index (κ3) is 4.46. The van der Waals surface area contributed by atoms with Crippen molar-refractivity contribution in [3.63, 3.8) is 0 Å². The van der Waals surface area contributed by atoms with E-state index in [1.54, 1.807) is 5.82 Å². The molecule has 1 aliphatic heterocycles. The molecule has 0 saturated carbocycles. The second-order valence-corrected chi connectivity index (χ2v) is 16.4. The third-order valence-electron chi connectivity index (χ3n) is 2.08. The molecule has 132 valence electrons. The van der Waals surface area contributed by atoms with Crippen molar-refractivity contribution in [3.8, 4) is 0 Å². The van der Waals surface area contributed by atoms with Crippen molar-refractivity contribution in [1.29, 1.82) is 0 Å². The Hall–Kier alpha value is -0.192. The fraction of sp³-hybridized carbons (Fsp3) is 0.444. The van der Waals surface area contributed by atoms with Crippen LogP contribution in [0.2, 0.25) is 5.82 Å². The van der Waals surface area contributed by atoms with Crippen LogP contribution in [0, 0.1) is 0 Å². The first-order chi connectivity index (χ1) is 10.5. The van der Waals surface area contributed by atoms with Gasteiger partial charge in [-0.1, -0.05) is 0 Å². The van der Waals surface area contributed by atoms with Gasteiger partial charge in [-0.3, -0.25) is 0 Å². The fourth-order valence-corrected chi connectivity index (χ4v) is 17.1. The van der Waals surface area contributed by atoms with Crippen LogP contribution in [0.15, 0.2) is 8.94 Å². The molecule has 1 atom stereocenters. The molecule has 0 amide bonds. The Morgan fingerprint density at radius 2 is 1.70 bits per heavy atom. The van der Waals surface area contributed by atoms with Gasteiger partial charge in [0.15, 0.2) is 0 Å². The van der Waals surface area contributed by atoms with Gasteiger partial charge in [-0.25, -0.2) is 0 Å². The summed E-state index contributed by atoms with van der Waals surface area (Å²) in [7, 11) is -3.89. The Morgan fingerprint density at radius 3 is 2.09 bits per heavy atom. The van der Waals surface area contributed by atoms with E-state index in [9.17, 15) is 31.2 Å². The molecule has 23 heavy (non-hydrogen) atoms. The Morgan fingerprint density at radius 1 is 1.17 bits per heavy atom. The first-order valence-corrected chi connectivity index (χ1v) is 13.4. The Labute approximate surface area is 146 Å². The zero-order valence-electron chi connectivity index (χ0n) is 11.6. The summed E-state index contributed by atoms with van der Waals surface area (Å²) in [5, 5.41) is 0. The molecule has 0 aromatic rings. The van der Waals surface area contributed by atoms with E-state index in [0.717, 1.165) is 14.2 Å². The van der Waals surface area contributed by atoms with Gasteiger partial charge in [0.1, 0.15) is 0 Å². The standard InChI is InChI=1S/C9H9F3O7SSe3/c1-17-6(13)4-5(7(14)18-2)23(8(21-3)22-4)19-20(15,16)9(10,11)12/h1-3H3. The number of hydrogen-bond donors (Lipinski definition) is 0. The molecule has 14 heteroatoms. The molecule has 1 unspecified atom stereocenters. The molecule has 0 aliphatic carbocycles. The van der Waals surface area contributed by atoms with Crippen LogP contribution in [-0.2, 0) is 32.4 Å². The number of hydrogen-bond acceptors (Lipinski definition) is 7. The molecule has 0 radical (unpaired) electrons. The summed E-state index contributed by atoms with van der Waals surface area (Å²) in [6.07, 6.45) is 0. The van der Waals surface area contributed by atoms with Crippen LogP contribution < -0.4 is 0 Å². The molecule has 1 aliphatic rings. The van der Waals surface area contributed by atoms with Crippen molar-refractivity contribution in [2.45, 2.75) is 11.3 Å². The van der Waals surface area contributed by atoms with E-state index in [4.69, 9.17) is 0 Å². The normalized spacial score (nSPS) is 19.0. The molecule has 1 heterocycles. The van der Waals surface area contributed by atoms with E-state index >= 15 is 0 Å². The number of ether oxygens (including phenoxy) is 2. The van der Waals surface area contributed by atoms with Crippen LogP contribution in [0.25, 0.3) is 0 Å². The van der Waals surface area contributed by atoms with E-state index < -0.39 is 75.7 Å². The SMILES string of the molecule is COC(=O)C1=C(C(=O)OC)[Se](OS(=O)(=O)C(F)(F)F)=C([Se]C)[Se]1. The van der Waals surface area contributed by atoms with E-state index in [1.165, 1.54) is 0 Å². The molecular weight excluding hydrogens is 546 g/mol. The zero-order valence-corrected chi connectivity index (χ0v) is 17.6. The average Bonchev–Trinajstić information content (AvgIpc) is 2.82. The summed E-state index contributed by atoms with van der Waals surface area (Å²) in [4.78, 5) is 23.6. The van der Waals surface area contributed by atoms with Crippen LogP contribution in [0.1, 0.15) is 0 Å². The monoisotopic (exact) mass is 558 g/mol. The summed E-state index contributed by atoms with van der Waals surface area (Å²) in [5.74, 6) is -0.375. The van der Waals surface area contributed by atoms with E-state index in [1.807, 2.05) is 0 Å². The number of carbonyl (C=O) groups excluding carboxylic acids is 2. The van der Waals surface area contributed by atoms with Crippen LogP contribution in [0.3, 0.4) is 0 Å². The van der Waals surface area contributed by atoms with Crippen LogP contribution >= 0.6 is 0 Å². The van der Waals surface area contributed by atoms with Crippen LogP contribution in [-0.4, -0.2) is 86.0 Å². The number of carbonyl (C=O) groups is 2. The number of alkyl halides is 3. The maximum absolute atomic E-state index is 12.5. The van der Waals surface area contributed by atoms with Gasteiger partial charge in [0.25, 0.3) is 0 Å². The first-order valence-electron chi connectivity index (χ1n) is 5.25. The molecule has 0 bridgehead atoms. The average molecular weight is 555 g/mol. The molecule has 0 aromatic carbocycles. The number of methoxy groups -OCH3 is 2. The van der Waals surface area contributed by atoms with Gasteiger partial charge in [-0.05, 0) is 0 Å². The second kappa shape index (κ2) is 7.79. The molecular formula is C9H9F3O7SSe3. The zero-order chi connectivity index (χ0) is 18.0. The number of esters is 2. The molecule has 7 nitrogen and oxygen atoms in total. The van der Waals surface area contributed by atoms with E-state index in [-0.39, 0.29) is 4.47 Å². The Bertz CT molecular complexity index is 696. The minimum atomic E-state index is -5.89. The molecule has 0 aromatic heterocycles. The van der Waals surface area contributed by atoms with Crippen molar-refractivity contribution in [1.82, 2.24) is 0 Å². The number of rotatable bonds is 5. The predicted octanol–water partition coefficient (Wildman–Crippen LogP) is -0.877. The Balaban J connectivity index is 3.47. The van der Waals surface area contributed by atoms with Gasteiger partial charge < -0.3 is 0 Å². The van der Waals surface area contributed by atoms with Crippen molar-refractivity contribution in [2.24, 2.45) is 0 Å². The van der Waals surface area contributed by atoms with Crippen molar-refractivity contribution < 1.29 is 43.9 Å². The summed E-state index contributed by atoms with van der Waals surface area (Å²) in [6.45, 7) is 0. The van der Waals surface area contributed by atoms with Crippen LogP contribution in [0.4, 0.5) is 13.2 Å². The second-order valence-electron chi connectivity index (χ2n) is 3.43. The van der Waals surface area contributed by atoms with Gasteiger partial charge in [0, 0.05) is 0 Å². The topological polar surface area (TPSA) is 96.0 Å². The summed E-state index contributed by atoms with van der Waals surface area (Å²) in [6, 6.07) is 0. The van der Waals surface area contributed by atoms with Gasteiger partial charge >= 0.3 is 146 Å². The van der Waals surface area contributed by atoms with Gasteiger partial charge in [0.05, 0.1) is 0 Å². The van der Waals surface area contributed by atoms with Gasteiger partial charge in [-0.2, -0.15) is 0 Å². The van der Waals surface area contributed by atoms with Crippen molar-refractivity contribution in [2.75, 3.05) is 14.2 Å². The molecule has 1 rings (SSSR count). The third-order valence-corrected chi connectivity index (χ3v) is 18.8. The van der Waals surface area contributed by atoms with Crippen molar-refractivity contribution >= 4 is 68.0 Å². The van der Waals surface area contributed by atoms with E-state index in [2.05, 4.69) is 12.7 Å². The van der Waals surface area contributed by atoms with Crippen LogP contribution in [0.5, 0.6) is 0 Å². The summed E-state index contributed by atoms with van der Waals surface area (Å²) in [5.41, 5.74) is -5.62. The molecule has 0 spiro atoms. The molecule has 0 N–H and O–H groups in total. The maximum atomic E-state index is 12.5. The Kier molecular flexibility index (Phi) is 7.07. The summed E-state index contributed by atoms with van der Waals surface area (Å²) >= 11 is -4.53. The molecule has 0 fully saturated rings. The minimum absolute atomic E-state index is 0.159. The quantitative estimate of drug-likeness (QED) is 0.247. The van der Waals surface area contributed by atoms with Gasteiger partial charge in [0.2, 0.25) is 0 Å². The first kappa shape index (κ1) is 20.9. The molecule has 0 saturated heterocycles. The van der Waals surface area contributed by atoms with Gasteiger partial charge in [-0.15, -0.1) is 0 Å². The van der Waals surface area contributed by atoms with Crippen molar-refractivity contribution in [3.05, 3.63) is 8.94 Å². The number of halogens is 3. The van der Waals surface area contributed by atoms with E-state index in [0.29, 0.717) is 2.21 Å². The fourth-order valence-electron chi connectivity index (χ4n) is 1.13. The predicted molar refractivity (Wildman–Crippen MR) is 75.3 cm³/mol.